The third-order valence-corrected chi connectivity index (χ3v) is 13.3. The van der Waals surface area contributed by atoms with Gasteiger partial charge >= 0.3 is 0 Å². The first-order chi connectivity index (χ1) is 21.2. The highest BCUT2D eigenvalue weighted by molar-refractivity contribution is 7.90. The molecule has 5 aliphatic rings. The number of rotatable bonds is 2. The molecule has 1 amide bonds. The summed E-state index contributed by atoms with van der Waals surface area (Å²) in [5.41, 5.74) is 3.53. The number of allylic oxidation sites excluding steroid dienone is 1. The van der Waals surface area contributed by atoms with E-state index >= 15 is 0 Å². The average Bonchev–Trinajstić information content (AvgIpc) is 3.82. The molecule has 6 atom stereocenters. The number of methoxy groups -OCH3 is 1. The van der Waals surface area contributed by atoms with Crippen LogP contribution in [-0.4, -0.2) is 52.5 Å². The van der Waals surface area contributed by atoms with Crippen molar-refractivity contribution in [1.29, 1.82) is 0 Å². The van der Waals surface area contributed by atoms with Gasteiger partial charge < -0.3 is 14.4 Å². The van der Waals surface area contributed by atoms with Gasteiger partial charge in [0.2, 0.25) is 10.0 Å². The van der Waals surface area contributed by atoms with E-state index in [1.165, 1.54) is 11.1 Å². The van der Waals surface area contributed by atoms with Gasteiger partial charge in [0.05, 0.1) is 23.6 Å². The molecule has 2 saturated carbocycles. The predicted molar refractivity (Wildman–Crippen MR) is 173 cm³/mol. The van der Waals surface area contributed by atoms with Crippen LogP contribution in [0.15, 0.2) is 48.6 Å². The van der Waals surface area contributed by atoms with Gasteiger partial charge in [-0.2, -0.15) is 0 Å². The third-order valence-electron chi connectivity index (χ3n) is 11.0. The van der Waals surface area contributed by atoms with Crippen LogP contribution in [0, 0.1) is 23.7 Å². The topological polar surface area (TPSA) is 84.9 Å². The van der Waals surface area contributed by atoms with Crippen LogP contribution in [0.5, 0.6) is 5.75 Å². The van der Waals surface area contributed by atoms with Crippen LogP contribution in [0.2, 0.25) is 5.02 Å². The Balaban J connectivity index is 1.30. The van der Waals surface area contributed by atoms with E-state index in [4.69, 9.17) is 21.1 Å². The number of amides is 1. The number of anilines is 1. The Morgan fingerprint density at radius 3 is 2.66 bits per heavy atom. The fraction of sp³-hybridized carbons (Fsp3) is 0.571. The fourth-order valence-corrected chi connectivity index (χ4v) is 10.7. The molecule has 2 aromatic carbocycles. The van der Waals surface area contributed by atoms with Gasteiger partial charge in [0, 0.05) is 36.2 Å². The Hall–Kier alpha value is -2.55. The molecule has 7 rings (SSSR count). The number of aryl methyl sites for hydroxylation is 1. The zero-order valence-corrected chi connectivity index (χ0v) is 27.2. The number of sulfonamides is 1. The van der Waals surface area contributed by atoms with Crippen LogP contribution in [0.25, 0.3) is 0 Å². The van der Waals surface area contributed by atoms with Crippen molar-refractivity contribution in [2.24, 2.45) is 23.7 Å². The van der Waals surface area contributed by atoms with Gasteiger partial charge in [0.25, 0.3) is 5.91 Å². The van der Waals surface area contributed by atoms with Crippen molar-refractivity contribution in [1.82, 2.24) is 4.72 Å². The Morgan fingerprint density at radius 2 is 1.91 bits per heavy atom. The first-order valence-electron chi connectivity index (χ1n) is 16.2. The Morgan fingerprint density at radius 1 is 1.09 bits per heavy atom. The highest BCUT2D eigenvalue weighted by atomic mass is 35.5. The molecule has 1 spiro atoms. The molecule has 2 aliphatic heterocycles. The first kappa shape index (κ1) is 30.1. The highest BCUT2D eigenvalue weighted by Crippen LogP contribution is 2.47. The molecule has 0 aromatic heterocycles. The summed E-state index contributed by atoms with van der Waals surface area (Å²) in [5, 5.41) is 0.144. The van der Waals surface area contributed by atoms with Crippen molar-refractivity contribution in [3.63, 3.8) is 0 Å². The predicted octanol–water partition coefficient (Wildman–Crippen LogP) is 6.29. The molecular formula is C35H43ClN2O5S. The second-order valence-corrected chi connectivity index (χ2v) is 16.2. The molecule has 3 aliphatic carbocycles. The molecule has 0 radical (unpaired) electrons. The molecule has 9 heteroatoms. The summed E-state index contributed by atoms with van der Waals surface area (Å²) in [7, 11) is -2.11. The summed E-state index contributed by atoms with van der Waals surface area (Å²) < 4.78 is 42.5. The molecule has 1 N–H and O–H groups in total. The van der Waals surface area contributed by atoms with Crippen molar-refractivity contribution in [2.75, 3.05) is 31.7 Å². The molecule has 7 nitrogen and oxygen atoms in total. The van der Waals surface area contributed by atoms with E-state index < -0.39 is 21.2 Å². The number of fused-ring (bicyclic) bond motifs is 4. The number of nitrogens with one attached hydrogen (secondary N) is 1. The SMILES string of the molecule is CO[C@H]1/C=C\C[C@@H](C)[C@@H](C2CC2)S(=O)(=O)NC(=O)c2ccc3c(c2)N(C[C@@H]2CC[C@H]21)C[C@@]1(CCCc2cc(Cl)ccc21)CO3. The average molecular weight is 639 g/mol. The van der Waals surface area contributed by atoms with Crippen molar-refractivity contribution >= 4 is 33.2 Å². The van der Waals surface area contributed by atoms with Gasteiger partial charge in [0.15, 0.2) is 0 Å². The number of hydrogen-bond donors (Lipinski definition) is 1. The quantitative estimate of drug-likeness (QED) is 0.390. The molecule has 0 unspecified atom stereocenters. The fourth-order valence-electron chi connectivity index (χ4n) is 8.45. The lowest BCUT2D eigenvalue weighted by Crippen LogP contribution is -2.49. The molecule has 2 bridgehead atoms. The molecule has 2 fully saturated rings. The minimum absolute atomic E-state index is 0.0231. The Bertz CT molecular complexity index is 1570. The first-order valence-corrected chi connectivity index (χ1v) is 18.2. The summed E-state index contributed by atoms with van der Waals surface area (Å²) in [6, 6.07) is 11.6. The summed E-state index contributed by atoms with van der Waals surface area (Å²) in [4.78, 5) is 16.0. The Labute approximate surface area is 266 Å². The lowest BCUT2D eigenvalue weighted by Gasteiger charge is -2.46. The molecular weight excluding hydrogens is 596 g/mol. The number of halogens is 1. The van der Waals surface area contributed by atoms with Gasteiger partial charge in [-0.15, -0.1) is 0 Å². The number of benzene rings is 2. The lowest BCUT2D eigenvalue weighted by molar-refractivity contribution is 0.0131. The van der Waals surface area contributed by atoms with E-state index in [9.17, 15) is 13.2 Å². The molecule has 0 saturated heterocycles. The maximum Gasteiger partial charge on any atom is 0.264 e. The van der Waals surface area contributed by atoms with E-state index in [0.717, 1.165) is 74.5 Å². The molecule has 44 heavy (non-hydrogen) atoms. The zero-order valence-electron chi connectivity index (χ0n) is 25.6. The smallest absolute Gasteiger partial charge is 0.264 e. The molecule has 2 aromatic rings. The van der Waals surface area contributed by atoms with Crippen LogP contribution < -0.4 is 14.4 Å². The van der Waals surface area contributed by atoms with Gasteiger partial charge in [-0.1, -0.05) is 36.7 Å². The van der Waals surface area contributed by atoms with Crippen molar-refractivity contribution in [3.05, 3.63) is 70.3 Å². The Kier molecular flexibility index (Phi) is 7.99. The van der Waals surface area contributed by atoms with Crippen LogP contribution in [0.4, 0.5) is 5.69 Å². The minimum Gasteiger partial charge on any atom is -0.490 e. The van der Waals surface area contributed by atoms with E-state index in [2.05, 4.69) is 33.9 Å². The number of ether oxygens (including phenoxy) is 2. The van der Waals surface area contributed by atoms with Crippen molar-refractivity contribution < 1.29 is 22.7 Å². The third kappa shape index (κ3) is 5.56. The number of carbonyl (C=O) groups is 1. The number of nitrogens with zero attached hydrogens (tertiary/aromatic N) is 1. The van der Waals surface area contributed by atoms with Gasteiger partial charge in [0.1, 0.15) is 5.75 Å². The van der Waals surface area contributed by atoms with Crippen LogP contribution in [-0.2, 0) is 26.6 Å². The molecule has 2 heterocycles. The maximum absolute atomic E-state index is 13.7. The van der Waals surface area contributed by atoms with Crippen molar-refractivity contribution in [3.8, 4) is 5.75 Å². The largest absolute Gasteiger partial charge is 0.490 e. The van der Waals surface area contributed by atoms with Gasteiger partial charge in [-0.25, -0.2) is 13.1 Å². The van der Waals surface area contributed by atoms with E-state index in [0.29, 0.717) is 30.4 Å². The minimum atomic E-state index is -3.88. The maximum atomic E-state index is 13.7. The van der Waals surface area contributed by atoms with Crippen LogP contribution in [0.3, 0.4) is 0 Å². The van der Waals surface area contributed by atoms with E-state index in [-0.39, 0.29) is 23.4 Å². The van der Waals surface area contributed by atoms with Gasteiger partial charge in [-0.05, 0) is 116 Å². The second-order valence-electron chi connectivity index (χ2n) is 13.9. The second kappa shape index (κ2) is 11.7. The van der Waals surface area contributed by atoms with Crippen molar-refractivity contribution in [2.45, 2.75) is 75.1 Å². The lowest BCUT2D eigenvalue weighted by atomic mass is 9.68. The summed E-state index contributed by atoms with van der Waals surface area (Å²) in [6.07, 6.45) is 11.9. The standard InChI is InChI=1S/C35H43ClN2O5S/c1-22-5-3-7-31(42-2)28-13-10-26(28)19-38-20-35(16-4-6-24-17-27(36)12-14-29(24)35)21-43-32-15-11-25(18-30(32)38)34(39)37-44(40,41)33(22)23-8-9-23/h3,7,11-12,14-15,17-18,22-23,26,28,31,33H,4-6,8-10,13,16,19-21H2,1-2H3,(H,37,39)/b7-3-/t22-,26+,28-,31+,33+,35+/m1/s1. The normalized spacial score (nSPS) is 34.0. The highest BCUT2D eigenvalue weighted by Gasteiger charge is 2.46. The number of hydrogen-bond acceptors (Lipinski definition) is 6. The summed E-state index contributed by atoms with van der Waals surface area (Å²) in [5.74, 6) is 0.903. The van der Waals surface area contributed by atoms with Crippen LogP contribution in [0.1, 0.15) is 73.4 Å². The monoisotopic (exact) mass is 638 g/mol. The van der Waals surface area contributed by atoms with Crippen LogP contribution >= 0.6 is 11.6 Å². The summed E-state index contributed by atoms with van der Waals surface area (Å²) >= 11 is 6.42. The van der Waals surface area contributed by atoms with Gasteiger partial charge in [-0.3, -0.25) is 4.79 Å². The van der Waals surface area contributed by atoms with E-state index in [1.807, 2.05) is 25.1 Å². The summed E-state index contributed by atoms with van der Waals surface area (Å²) in [6.45, 7) is 4.07. The zero-order chi connectivity index (χ0) is 30.6. The number of carbonyl (C=O) groups excluding carboxylic acids is 1. The van der Waals surface area contributed by atoms with E-state index in [1.54, 1.807) is 13.2 Å². The molecule has 236 valence electrons.